The highest BCUT2D eigenvalue weighted by atomic mass is 16.3. The van der Waals surface area contributed by atoms with Gasteiger partial charge in [0.1, 0.15) is 0 Å². The lowest BCUT2D eigenvalue weighted by Gasteiger charge is -2.49. The van der Waals surface area contributed by atoms with Gasteiger partial charge in [-0.05, 0) is 49.9 Å². The maximum atomic E-state index is 10.4. The van der Waals surface area contributed by atoms with Gasteiger partial charge in [0, 0.05) is 5.41 Å². The predicted molar refractivity (Wildman–Crippen MR) is 61.5 cm³/mol. The van der Waals surface area contributed by atoms with E-state index in [0.717, 1.165) is 12.8 Å². The molecule has 3 saturated carbocycles. The van der Waals surface area contributed by atoms with Crippen molar-refractivity contribution in [2.75, 3.05) is 0 Å². The Balaban J connectivity index is 2.08. The summed E-state index contributed by atoms with van der Waals surface area (Å²) in [6, 6.07) is 0. The molecule has 1 unspecified atom stereocenters. The van der Waals surface area contributed by atoms with Crippen LogP contribution < -0.4 is 0 Å². The average Bonchev–Trinajstić information content (AvgIpc) is 2.65. The normalized spacial score (nSPS) is 54.1. The summed E-state index contributed by atoms with van der Waals surface area (Å²) in [5, 5.41) is 10.4. The standard InChI is InChI=1S/C14H22O/c1-10-4-7-13-5-3-6-14(13,9-10)11(2)8-12(13)15/h11-12,15H,1,3-9H2,2H3/t11-,12?,13+,14-/m0/s1. The van der Waals surface area contributed by atoms with E-state index in [1.807, 2.05) is 0 Å². The van der Waals surface area contributed by atoms with Crippen LogP contribution in [-0.4, -0.2) is 11.2 Å². The summed E-state index contributed by atoms with van der Waals surface area (Å²) in [7, 11) is 0. The van der Waals surface area contributed by atoms with Crippen LogP contribution in [0.3, 0.4) is 0 Å². The highest BCUT2D eigenvalue weighted by Gasteiger charge is 2.65. The fraction of sp³-hybridized carbons (Fsp3) is 0.857. The zero-order valence-corrected chi connectivity index (χ0v) is 9.76. The van der Waals surface area contributed by atoms with Crippen molar-refractivity contribution in [2.24, 2.45) is 16.7 Å². The van der Waals surface area contributed by atoms with Gasteiger partial charge in [0.15, 0.2) is 0 Å². The van der Waals surface area contributed by atoms with Gasteiger partial charge in [-0.3, -0.25) is 0 Å². The molecule has 0 bridgehead atoms. The molecule has 0 aromatic heterocycles. The van der Waals surface area contributed by atoms with E-state index in [4.69, 9.17) is 0 Å². The maximum Gasteiger partial charge on any atom is 0.0604 e. The number of rotatable bonds is 0. The Morgan fingerprint density at radius 3 is 2.80 bits per heavy atom. The van der Waals surface area contributed by atoms with Crippen LogP contribution in [0.2, 0.25) is 0 Å². The van der Waals surface area contributed by atoms with Crippen molar-refractivity contribution >= 4 is 0 Å². The summed E-state index contributed by atoms with van der Waals surface area (Å²) in [5.41, 5.74) is 2.16. The van der Waals surface area contributed by atoms with Crippen molar-refractivity contribution < 1.29 is 5.11 Å². The molecule has 0 amide bonds. The molecule has 3 rings (SSSR count). The molecule has 0 aromatic rings. The summed E-state index contributed by atoms with van der Waals surface area (Å²) < 4.78 is 0. The van der Waals surface area contributed by atoms with Gasteiger partial charge in [-0.15, -0.1) is 0 Å². The maximum absolute atomic E-state index is 10.4. The average molecular weight is 206 g/mol. The zero-order chi connectivity index (χ0) is 10.7. The lowest BCUT2D eigenvalue weighted by Crippen LogP contribution is -2.44. The molecule has 3 aliphatic rings. The SMILES string of the molecule is C=C1CC[C@@]23CCC[C@]2(C1)[C@@H](C)CC3O. The second-order valence-corrected chi connectivity index (χ2v) is 6.25. The number of aliphatic hydroxyl groups excluding tert-OH is 1. The fourth-order valence-electron chi connectivity index (χ4n) is 5.15. The van der Waals surface area contributed by atoms with Gasteiger partial charge in [0.05, 0.1) is 6.10 Å². The van der Waals surface area contributed by atoms with E-state index < -0.39 is 0 Å². The molecule has 0 heterocycles. The summed E-state index contributed by atoms with van der Waals surface area (Å²) in [6.45, 7) is 6.56. The van der Waals surface area contributed by atoms with E-state index >= 15 is 0 Å². The molecule has 0 aromatic carbocycles. The fourth-order valence-corrected chi connectivity index (χ4v) is 5.15. The Kier molecular flexibility index (Phi) is 1.90. The minimum atomic E-state index is -0.0249. The summed E-state index contributed by atoms with van der Waals surface area (Å²) in [5.74, 6) is 0.701. The van der Waals surface area contributed by atoms with Crippen molar-refractivity contribution in [3.63, 3.8) is 0 Å². The highest BCUT2D eigenvalue weighted by molar-refractivity contribution is 5.22. The van der Waals surface area contributed by atoms with Crippen LogP contribution in [0.1, 0.15) is 51.9 Å². The lowest BCUT2D eigenvalue weighted by atomic mass is 9.56. The Labute approximate surface area is 92.6 Å². The van der Waals surface area contributed by atoms with E-state index in [1.165, 1.54) is 37.7 Å². The first-order chi connectivity index (χ1) is 7.11. The third-order valence-electron chi connectivity index (χ3n) is 5.89. The van der Waals surface area contributed by atoms with E-state index in [-0.39, 0.29) is 11.5 Å². The first kappa shape index (κ1) is 9.89. The molecule has 3 aliphatic carbocycles. The quantitative estimate of drug-likeness (QED) is 0.603. The minimum Gasteiger partial charge on any atom is -0.393 e. The molecule has 0 radical (unpaired) electrons. The van der Waals surface area contributed by atoms with Crippen molar-refractivity contribution in [1.29, 1.82) is 0 Å². The minimum absolute atomic E-state index is 0.0249. The molecule has 1 N–H and O–H groups in total. The van der Waals surface area contributed by atoms with Crippen molar-refractivity contribution in [2.45, 2.75) is 58.0 Å². The molecule has 0 spiro atoms. The van der Waals surface area contributed by atoms with Crippen LogP contribution >= 0.6 is 0 Å². The number of hydrogen-bond acceptors (Lipinski definition) is 1. The van der Waals surface area contributed by atoms with Crippen molar-refractivity contribution in [3.8, 4) is 0 Å². The smallest absolute Gasteiger partial charge is 0.0604 e. The Bertz CT molecular complexity index is 308. The molecular formula is C14H22O. The summed E-state index contributed by atoms with van der Waals surface area (Å²) in [6.07, 6.45) is 8.51. The highest BCUT2D eigenvalue weighted by Crippen LogP contribution is 2.71. The molecule has 1 heteroatoms. The van der Waals surface area contributed by atoms with E-state index in [1.54, 1.807) is 0 Å². The molecule has 4 atom stereocenters. The second-order valence-electron chi connectivity index (χ2n) is 6.25. The first-order valence-electron chi connectivity index (χ1n) is 6.45. The van der Waals surface area contributed by atoms with E-state index in [9.17, 15) is 5.11 Å². The van der Waals surface area contributed by atoms with Gasteiger partial charge >= 0.3 is 0 Å². The van der Waals surface area contributed by atoms with Crippen LogP contribution in [0, 0.1) is 16.7 Å². The van der Waals surface area contributed by atoms with Gasteiger partial charge < -0.3 is 5.11 Å². The van der Waals surface area contributed by atoms with Gasteiger partial charge in [-0.25, -0.2) is 0 Å². The zero-order valence-electron chi connectivity index (χ0n) is 9.76. The molecule has 0 aliphatic heterocycles. The monoisotopic (exact) mass is 206 g/mol. The van der Waals surface area contributed by atoms with Crippen molar-refractivity contribution in [3.05, 3.63) is 12.2 Å². The van der Waals surface area contributed by atoms with Gasteiger partial charge in [-0.2, -0.15) is 0 Å². The Hall–Kier alpha value is -0.300. The van der Waals surface area contributed by atoms with Crippen LogP contribution in [-0.2, 0) is 0 Å². The second kappa shape index (κ2) is 2.88. The third kappa shape index (κ3) is 0.982. The van der Waals surface area contributed by atoms with E-state index in [0.29, 0.717) is 11.3 Å². The third-order valence-corrected chi connectivity index (χ3v) is 5.89. The number of allylic oxidation sites excluding steroid dienone is 1. The number of aliphatic hydroxyl groups is 1. The van der Waals surface area contributed by atoms with Crippen LogP contribution in [0.4, 0.5) is 0 Å². The van der Waals surface area contributed by atoms with Crippen LogP contribution in [0.25, 0.3) is 0 Å². The topological polar surface area (TPSA) is 20.2 Å². The molecule has 0 saturated heterocycles. The van der Waals surface area contributed by atoms with E-state index in [2.05, 4.69) is 13.5 Å². The summed E-state index contributed by atoms with van der Waals surface area (Å²) in [4.78, 5) is 0. The Morgan fingerprint density at radius 1 is 1.27 bits per heavy atom. The molecular weight excluding hydrogens is 184 g/mol. The van der Waals surface area contributed by atoms with Crippen LogP contribution in [0.15, 0.2) is 12.2 Å². The largest absolute Gasteiger partial charge is 0.393 e. The predicted octanol–water partition coefficient (Wildman–Crippen LogP) is 3.28. The summed E-state index contributed by atoms with van der Waals surface area (Å²) >= 11 is 0. The number of hydrogen-bond donors (Lipinski definition) is 1. The van der Waals surface area contributed by atoms with Gasteiger partial charge in [0.2, 0.25) is 0 Å². The van der Waals surface area contributed by atoms with Crippen LogP contribution in [0.5, 0.6) is 0 Å². The molecule has 3 fully saturated rings. The molecule has 84 valence electrons. The van der Waals surface area contributed by atoms with Gasteiger partial charge in [-0.1, -0.05) is 25.5 Å². The molecule has 1 nitrogen and oxygen atoms in total. The lowest BCUT2D eigenvalue weighted by molar-refractivity contribution is -0.0315. The molecule has 15 heavy (non-hydrogen) atoms. The first-order valence-corrected chi connectivity index (χ1v) is 6.45. The Morgan fingerprint density at radius 2 is 2.00 bits per heavy atom. The van der Waals surface area contributed by atoms with Crippen molar-refractivity contribution in [1.82, 2.24) is 0 Å². The van der Waals surface area contributed by atoms with Gasteiger partial charge in [0.25, 0.3) is 0 Å².